The van der Waals surface area contributed by atoms with Gasteiger partial charge in [-0.3, -0.25) is 0 Å². The lowest BCUT2D eigenvalue weighted by Gasteiger charge is -2.01. The van der Waals surface area contributed by atoms with Gasteiger partial charge in [-0.1, -0.05) is 0 Å². The summed E-state index contributed by atoms with van der Waals surface area (Å²) in [7, 11) is 3.38. The molecular weight excluding hydrogens is 266 g/mol. The molecule has 0 amide bonds. The third-order valence-electron chi connectivity index (χ3n) is 2.57. The van der Waals surface area contributed by atoms with Gasteiger partial charge in [-0.2, -0.15) is 5.10 Å². The molecule has 0 radical (unpaired) electrons. The molecule has 0 unspecified atom stereocenters. The highest BCUT2D eigenvalue weighted by Gasteiger charge is 2.20. The molecule has 2 heterocycles. The van der Waals surface area contributed by atoms with E-state index in [1.807, 2.05) is 6.92 Å². The Morgan fingerprint density at radius 3 is 2.89 bits per heavy atom. The number of esters is 1. The van der Waals surface area contributed by atoms with Crippen LogP contribution in [-0.4, -0.2) is 34.5 Å². The minimum absolute atomic E-state index is 0.312. The quantitative estimate of drug-likeness (QED) is 0.802. The molecule has 19 heavy (non-hydrogen) atoms. The van der Waals surface area contributed by atoms with Gasteiger partial charge in [0.05, 0.1) is 25.0 Å². The number of rotatable bonds is 4. The number of carbonyl (C=O) groups is 1. The van der Waals surface area contributed by atoms with E-state index in [-0.39, 0.29) is 0 Å². The van der Waals surface area contributed by atoms with E-state index in [4.69, 9.17) is 9.47 Å². The summed E-state index contributed by atoms with van der Waals surface area (Å²) in [4.78, 5) is 15.9. The molecule has 2 rings (SSSR count). The first-order valence-corrected chi connectivity index (χ1v) is 6.67. The molecule has 0 saturated carbocycles. The number of hydrogen-bond donors (Lipinski definition) is 0. The third kappa shape index (κ3) is 2.46. The van der Waals surface area contributed by atoms with Crippen LogP contribution in [0.5, 0.6) is 5.88 Å². The number of methoxy groups -OCH3 is 1. The van der Waals surface area contributed by atoms with Crippen molar-refractivity contribution in [2.75, 3.05) is 13.7 Å². The van der Waals surface area contributed by atoms with Gasteiger partial charge in [-0.05, 0) is 13.8 Å². The number of carbonyl (C=O) groups excluding carboxylic acids is 1. The van der Waals surface area contributed by atoms with Crippen LogP contribution in [0.25, 0.3) is 10.6 Å². The normalized spacial score (nSPS) is 10.5. The minimum atomic E-state index is -0.412. The van der Waals surface area contributed by atoms with Crippen LogP contribution in [0.1, 0.15) is 23.1 Å². The van der Waals surface area contributed by atoms with Crippen LogP contribution in [0, 0.1) is 6.92 Å². The molecule has 0 bridgehead atoms. The number of aromatic nitrogens is 3. The standard InChI is InChI=1S/C12H15N3O3S/c1-5-18-12(16)8-6-19-10(13-8)9-7(2)14-15(3)11(9)17-4/h6H,5H2,1-4H3. The van der Waals surface area contributed by atoms with Crippen molar-refractivity contribution in [2.24, 2.45) is 7.05 Å². The van der Waals surface area contributed by atoms with Crippen molar-refractivity contribution in [1.29, 1.82) is 0 Å². The second kappa shape index (κ2) is 5.40. The molecule has 7 heteroatoms. The highest BCUT2D eigenvalue weighted by atomic mass is 32.1. The first-order valence-electron chi connectivity index (χ1n) is 5.79. The fourth-order valence-corrected chi connectivity index (χ4v) is 2.68. The van der Waals surface area contributed by atoms with Crippen LogP contribution >= 0.6 is 11.3 Å². The number of nitrogens with zero attached hydrogens (tertiary/aromatic N) is 3. The average molecular weight is 281 g/mol. The molecule has 0 fully saturated rings. The number of hydrogen-bond acceptors (Lipinski definition) is 6. The van der Waals surface area contributed by atoms with Gasteiger partial charge in [0, 0.05) is 12.4 Å². The zero-order chi connectivity index (χ0) is 14.0. The van der Waals surface area contributed by atoms with Gasteiger partial charge >= 0.3 is 5.97 Å². The van der Waals surface area contributed by atoms with E-state index >= 15 is 0 Å². The van der Waals surface area contributed by atoms with Gasteiger partial charge in [0.1, 0.15) is 5.01 Å². The van der Waals surface area contributed by atoms with E-state index < -0.39 is 5.97 Å². The smallest absolute Gasteiger partial charge is 0.357 e. The van der Waals surface area contributed by atoms with Gasteiger partial charge in [-0.25, -0.2) is 14.5 Å². The summed E-state index contributed by atoms with van der Waals surface area (Å²) in [6, 6.07) is 0. The molecule has 0 aliphatic rings. The monoisotopic (exact) mass is 281 g/mol. The molecule has 0 aliphatic heterocycles. The van der Waals surface area contributed by atoms with Gasteiger partial charge < -0.3 is 9.47 Å². The lowest BCUT2D eigenvalue weighted by atomic mass is 10.2. The van der Waals surface area contributed by atoms with Crippen molar-refractivity contribution in [2.45, 2.75) is 13.8 Å². The summed E-state index contributed by atoms with van der Waals surface area (Å²) in [5.41, 5.74) is 1.93. The van der Waals surface area contributed by atoms with Gasteiger partial charge in [0.15, 0.2) is 5.69 Å². The number of ether oxygens (including phenoxy) is 2. The molecule has 6 nitrogen and oxygen atoms in total. The van der Waals surface area contributed by atoms with Crippen molar-refractivity contribution < 1.29 is 14.3 Å². The van der Waals surface area contributed by atoms with Crippen LogP contribution in [0.2, 0.25) is 0 Å². The summed E-state index contributed by atoms with van der Waals surface area (Å²) in [5, 5.41) is 6.67. The van der Waals surface area contributed by atoms with Gasteiger partial charge in [0.25, 0.3) is 0 Å². The van der Waals surface area contributed by atoms with Gasteiger partial charge in [0.2, 0.25) is 5.88 Å². The van der Waals surface area contributed by atoms with Gasteiger partial charge in [-0.15, -0.1) is 11.3 Å². The topological polar surface area (TPSA) is 66.2 Å². The molecular formula is C12H15N3O3S. The number of thiazole rings is 1. The molecule has 0 aromatic carbocycles. The molecule has 102 valence electrons. The van der Waals surface area contributed by atoms with Crippen molar-refractivity contribution in [3.8, 4) is 16.5 Å². The Balaban J connectivity index is 2.41. The van der Waals surface area contributed by atoms with E-state index in [1.165, 1.54) is 11.3 Å². The summed E-state index contributed by atoms with van der Waals surface area (Å²) in [6.45, 7) is 3.98. The lowest BCUT2D eigenvalue weighted by Crippen LogP contribution is -2.04. The first-order chi connectivity index (χ1) is 9.08. The molecule has 0 atom stereocenters. The van der Waals surface area contributed by atoms with Crippen LogP contribution in [-0.2, 0) is 11.8 Å². The molecule has 2 aromatic rings. The maximum Gasteiger partial charge on any atom is 0.357 e. The molecule has 0 spiro atoms. The maximum atomic E-state index is 11.6. The molecule has 0 N–H and O–H groups in total. The second-order valence-corrected chi connectivity index (χ2v) is 4.71. The zero-order valence-electron chi connectivity index (χ0n) is 11.3. The number of aryl methyl sites for hydroxylation is 2. The Bertz CT molecular complexity index is 603. The molecule has 0 saturated heterocycles. The van der Waals surface area contributed by atoms with Crippen LogP contribution in [0.4, 0.5) is 0 Å². The Labute approximate surface area is 115 Å². The lowest BCUT2D eigenvalue weighted by molar-refractivity contribution is 0.0520. The van der Waals surface area contributed by atoms with Crippen LogP contribution < -0.4 is 4.74 Å². The maximum absolute atomic E-state index is 11.6. The Morgan fingerprint density at radius 2 is 2.26 bits per heavy atom. The van der Waals surface area contributed by atoms with Crippen molar-refractivity contribution >= 4 is 17.3 Å². The zero-order valence-corrected chi connectivity index (χ0v) is 12.1. The average Bonchev–Trinajstić information content (AvgIpc) is 2.93. The van der Waals surface area contributed by atoms with Crippen molar-refractivity contribution in [3.63, 3.8) is 0 Å². The predicted molar refractivity (Wildman–Crippen MR) is 71.6 cm³/mol. The van der Waals surface area contributed by atoms with Crippen LogP contribution in [0.15, 0.2) is 5.38 Å². The highest BCUT2D eigenvalue weighted by Crippen LogP contribution is 2.34. The Kier molecular flexibility index (Phi) is 3.84. The van der Waals surface area contributed by atoms with E-state index in [2.05, 4.69) is 10.1 Å². The summed E-state index contributed by atoms with van der Waals surface area (Å²) < 4.78 is 11.9. The molecule has 0 aliphatic carbocycles. The summed E-state index contributed by atoms with van der Waals surface area (Å²) in [5.74, 6) is 0.216. The van der Waals surface area contributed by atoms with E-state index in [0.717, 1.165) is 11.3 Å². The predicted octanol–water partition coefficient (Wildman–Crippen LogP) is 2.04. The first kappa shape index (κ1) is 13.5. The Hall–Kier alpha value is -1.89. The van der Waals surface area contributed by atoms with E-state index in [9.17, 15) is 4.79 Å². The largest absolute Gasteiger partial charge is 0.481 e. The Morgan fingerprint density at radius 1 is 1.53 bits per heavy atom. The third-order valence-corrected chi connectivity index (χ3v) is 3.43. The van der Waals surface area contributed by atoms with E-state index in [1.54, 1.807) is 31.1 Å². The second-order valence-electron chi connectivity index (χ2n) is 3.85. The van der Waals surface area contributed by atoms with Crippen molar-refractivity contribution in [1.82, 2.24) is 14.8 Å². The molecule has 2 aromatic heterocycles. The summed E-state index contributed by atoms with van der Waals surface area (Å²) >= 11 is 1.37. The highest BCUT2D eigenvalue weighted by molar-refractivity contribution is 7.13. The fraction of sp³-hybridized carbons (Fsp3) is 0.417. The van der Waals surface area contributed by atoms with Crippen LogP contribution in [0.3, 0.4) is 0 Å². The SMILES string of the molecule is CCOC(=O)c1csc(-c2c(C)nn(C)c2OC)n1. The van der Waals surface area contributed by atoms with Crippen molar-refractivity contribution in [3.05, 3.63) is 16.8 Å². The van der Waals surface area contributed by atoms with E-state index in [0.29, 0.717) is 23.2 Å². The summed E-state index contributed by atoms with van der Waals surface area (Å²) in [6.07, 6.45) is 0. The minimum Gasteiger partial charge on any atom is -0.481 e. The fourth-order valence-electron chi connectivity index (χ4n) is 1.80.